The molecule has 20 heavy (non-hydrogen) atoms. The van der Waals surface area contributed by atoms with Crippen LogP contribution in [0.5, 0.6) is 0 Å². The predicted molar refractivity (Wildman–Crippen MR) is 85.4 cm³/mol. The average molecular weight is 349 g/mol. The Balaban J connectivity index is 1.85. The van der Waals surface area contributed by atoms with Crippen LogP contribution < -0.4 is 5.32 Å². The van der Waals surface area contributed by atoms with E-state index in [2.05, 4.69) is 42.7 Å². The molecular weight excluding hydrogens is 336 g/mol. The molecule has 102 valence electrons. The standard InChI is InChI=1S/C14H13BrN4S/c1-10-16-5-6-19(10)14-13(3-2-4-17-14)18-8-12-7-11(15)9-20-12/h2-7,9,18H,8H2,1H3. The normalized spacial score (nSPS) is 10.7. The lowest BCUT2D eigenvalue weighted by molar-refractivity contribution is 0.930. The molecular formula is C14H13BrN4S. The van der Waals surface area contributed by atoms with Gasteiger partial charge < -0.3 is 5.32 Å². The molecule has 0 unspecified atom stereocenters. The number of aryl methyl sites for hydroxylation is 1. The number of hydrogen-bond donors (Lipinski definition) is 1. The molecule has 6 heteroatoms. The van der Waals surface area contributed by atoms with Crippen molar-refractivity contribution >= 4 is 33.0 Å². The van der Waals surface area contributed by atoms with Crippen LogP contribution in [-0.2, 0) is 6.54 Å². The fourth-order valence-electron chi connectivity index (χ4n) is 1.96. The Bertz CT molecular complexity index is 719. The molecule has 3 aromatic heterocycles. The fourth-order valence-corrected chi connectivity index (χ4v) is 3.35. The van der Waals surface area contributed by atoms with Gasteiger partial charge in [0.15, 0.2) is 5.82 Å². The maximum Gasteiger partial charge on any atom is 0.161 e. The Morgan fingerprint density at radius 3 is 2.95 bits per heavy atom. The maximum absolute atomic E-state index is 4.45. The lowest BCUT2D eigenvalue weighted by Crippen LogP contribution is -2.06. The number of aromatic nitrogens is 3. The van der Waals surface area contributed by atoms with Crippen LogP contribution in [0.15, 0.2) is 46.6 Å². The number of anilines is 1. The minimum absolute atomic E-state index is 0.780. The van der Waals surface area contributed by atoms with Crippen molar-refractivity contribution in [1.29, 1.82) is 0 Å². The van der Waals surface area contributed by atoms with E-state index in [9.17, 15) is 0 Å². The second-order valence-corrected chi connectivity index (χ2v) is 6.22. The van der Waals surface area contributed by atoms with E-state index in [1.54, 1.807) is 23.7 Å². The van der Waals surface area contributed by atoms with Gasteiger partial charge in [0.1, 0.15) is 5.82 Å². The summed E-state index contributed by atoms with van der Waals surface area (Å²) in [6.07, 6.45) is 5.50. The third-order valence-corrected chi connectivity index (χ3v) is 4.61. The summed E-state index contributed by atoms with van der Waals surface area (Å²) in [5.74, 6) is 1.80. The molecule has 0 fully saturated rings. The summed E-state index contributed by atoms with van der Waals surface area (Å²) in [6, 6.07) is 6.09. The van der Waals surface area contributed by atoms with Crippen molar-refractivity contribution in [3.8, 4) is 5.82 Å². The Kier molecular flexibility index (Phi) is 3.84. The summed E-state index contributed by atoms with van der Waals surface area (Å²) in [5, 5.41) is 5.52. The Morgan fingerprint density at radius 1 is 1.35 bits per heavy atom. The summed E-state index contributed by atoms with van der Waals surface area (Å²) in [6.45, 7) is 2.75. The van der Waals surface area contributed by atoms with E-state index in [1.165, 1.54) is 4.88 Å². The first-order valence-corrected chi connectivity index (χ1v) is 7.83. The molecule has 0 aliphatic rings. The fraction of sp³-hybridized carbons (Fsp3) is 0.143. The number of pyridine rings is 1. The van der Waals surface area contributed by atoms with Gasteiger partial charge in [-0.25, -0.2) is 9.97 Å². The van der Waals surface area contributed by atoms with Crippen molar-refractivity contribution in [2.24, 2.45) is 0 Å². The van der Waals surface area contributed by atoms with Crippen molar-refractivity contribution in [2.75, 3.05) is 5.32 Å². The van der Waals surface area contributed by atoms with Crippen molar-refractivity contribution < 1.29 is 0 Å². The van der Waals surface area contributed by atoms with E-state index in [0.717, 1.165) is 28.3 Å². The second-order valence-electron chi connectivity index (χ2n) is 4.30. The lowest BCUT2D eigenvalue weighted by Gasteiger charge is -2.11. The van der Waals surface area contributed by atoms with Gasteiger partial charge in [-0.1, -0.05) is 0 Å². The Labute approximate surface area is 129 Å². The van der Waals surface area contributed by atoms with Gasteiger partial charge >= 0.3 is 0 Å². The van der Waals surface area contributed by atoms with Crippen molar-refractivity contribution in [3.05, 3.63) is 57.3 Å². The van der Waals surface area contributed by atoms with Crippen LogP contribution in [0.4, 0.5) is 5.69 Å². The van der Waals surface area contributed by atoms with Crippen molar-refractivity contribution in [2.45, 2.75) is 13.5 Å². The smallest absolute Gasteiger partial charge is 0.161 e. The number of imidazole rings is 1. The third kappa shape index (κ3) is 2.76. The first-order valence-electron chi connectivity index (χ1n) is 6.16. The Hall–Kier alpha value is -1.66. The molecule has 0 atom stereocenters. The SMILES string of the molecule is Cc1nccn1-c1ncccc1NCc1cc(Br)cs1. The van der Waals surface area contributed by atoms with Gasteiger partial charge in [-0.15, -0.1) is 11.3 Å². The van der Waals surface area contributed by atoms with Gasteiger partial charge in [-0.3, -0.25) is 4.57 Å². The Morgan fingerprint density at radius 2 is 2.25 bits per heavy atom. The average Bonchev–Trinajstić information content (AvgIpc) is 3.05. The maximum atomic E-state index is 4.45. The summed E-state index contributed by atoms with van der Waals surface area (Å²) in [4.78, 5) is 9.97. The quantitative estimate of drug-likeness (QED) is 0.774. The molecule has 0 bridgehead atoms. The summed E-state index contributed by atoms with van der Waals surface area (Å²) in [7, 11) is 0. The van der Waals surface area contributed by atoms with E-state index in [4.69, 9.17) is 0 Å². The molecule has 0 amide bonds. The van der Waals surface area contributed by atoms with Gasteiger partial charge in [-0.2, -0.15) is 0 Å². The molecule has 3 rings (SSSR count). The molecule has 3 aromatic rings. The van der Waals surface area contributed by atoms with Crippen molar-refractivity contribution in [1.82, 2.24) is 14.5 Å². The van der Waals surface area contributed by atoms with Crippen LogP contribution in [0.25, 0.3) is 5.82 Å². The van der Waals surface area contributed by atoms with Crippen LogP contribution >= 0.6 is 27.3 Å². The highest BCUT2D eigenvalue weighted by Crippen LogP contribution is 2.23. The largest absolute Gasteiger partial charge is 0.377 e. The molecule has 4 nitrogen and oxygen atoms in total. The first-order chi connectivity index (χ1) is 9.74. The molecule has 3 heterocycles. The van der Waals surface area contributed by atoms with E-state index in [-0.39, 0.29) is 0 Å². The van der Waals surface area contributed by atoms with Crippen LogP contribution in [0.3, 0.4) is 0 Å². The number of thiophene rings is 1. The van der Waals surface area contributed by atoms with E-state index >= 15 is 0 Å². The first kappa shape index (κ1) is 13.3. The second kappa shape index (κ2) is 5.76. The number of nitrogens with one attached hydrogen (secondary N) is 1. The monoisotopic (exact) mass is 348 g/mol. The van der Waals surface area contributed by atoms with Crippen molar-refractivity contribution in [3.63, 3.8) is 0 Å². The van der Waals surface area contributed by atoms with Crippen LogP contribution in [0.2, 0.25) is 0 Å². The third-order valence-electron chi connectivity index (χ3n) is 2.92. The molecule has 0 spiro atoms. The van der Waals surface area contributed by atoms with Gasteiger partial charge in [0.2, 0.25) is 0 Å². The van der Waals surface area contributed by atoms with Gasteiger partial charge in [0, 0.05) is 39.9 Å². The molecule has 0 saturated carbocycles. The van der Waals surface area contributed by atoms with E-state index < -0.39 is 0 Å². The minimum Gasteiger partial charge on any atom is -0.377 e. The predicted octanol–water partition coefficient (Wildman–Crippen LogP) is 4.01. The molecule has 0 aromatic carbocycles. The summed E-state index contributed by atoms with van der Waals surface area (Å²) in [5.41, 5.74) is 0.998. The van der Waals surface area contributed by atoms with Crippen LogP contribution in [0.1, 0.15) is 10.7 Å². The topological polar surface area (TPSA) is 42.7 Å². The zero-order valence-electron chi connectivity index (χ0n) is 10.9. The summed E-state index contributed by atoms with van der Waals surface area (Å²) >= 11 is 5.20. The number of nitrogens with zero attached hydrogens (tertiary/aromatic N) is 3. The molecule has 0 saturated heterocycles. The zero-order valence-corrected chi connectivity index (χ0v) is 13.3. The van der Waals surface area contributed by atoms with Crippen LogP contribution in [0, 0.1) is 6.92 Å². The van der Waals surface area contributed by atoms with Crippen LogP contribution in [-0.4, -0.2) is 14.5 Å². The van der Waals surface area contributed by atoms with Gasteiger partial charge in [0.25, 0.3) is 0 Å². The molecule has 0 radical (unpaired) electrons. The number of rotatable bonds is 4. The highest BCUT2D eigenvalue weighted by atomic mass is 79.9. The molecule has 0 aliphatic heterocycles. The minimum atomic E-state index is 0.780. The molecule has 0 aliphatic carbocycles. The lowest BCUT2D eigenvalue weighted by atomic mass is 10.3. The highest BCUT2D eigenvalue weighted by molar-refractivity contribution is 9.10. The van der Waals surface area contributed by atoms with E-state index in [0.29, 0.717) is 0 Å². The summed E-state index contributed by atoms with van der Waals surface area (Å²) < 4.78 is 3.10. The number of halogens is 1. The number of hydrogen-bond acceptors (Lipinski definition) is 4. The van der Waals surface area contributed by atoms with Gasteiger partial charge in [0.05, 0.1) is 5.69 Å². The van der Waals surface area contributed by atoms with E-state index in [1.807, 2.05) is 29.8 Å². The zero-order chi connectivity index (χ0) is 13.9. The highest BCUT2D eigenvalue weighted by Gasteiger charge is 2.08. The molecule has 1 N–H and O–H groups in total. The van der Waals surface area contributed by atoms with Gasteiger partial charge in [-0.05, 0) is 41.1 Å².